The minimum atomic E-state index is -4.97. The van der Waals surface area contributed by atoms with Crippen LogP contribution in [0, 0.1) is 19.7 Å². The number of thiazole rings is 1. The van der Waals surface area contributed by atoms with Gasteiger partial charge in [0.2, 0.25) is 0 Å². The van der Waals surface area contributed by atoms with E-state index in [4.69, 9.17) is 11.5 Å². The first-order valence-corrected chi connectivity index (χ1v) is 9.21. The number of nitrogen functional groups attached to an aromatic ring is 1. The van der Waals surface area contributed by atoms with Crippen LogP contribution in [0.15, 0.2) is 12.1 Å². The number of nitrogens with zero attached hydrogens (tertiary/aromatic N) is 3. The second-order valence-corrected chi connectivity index (χ2v) is 7.77. The zero-order chi connectivity index (χ0) is 22.1. The van der Waals surface area contributed by atoms with Gasteiger partial charge in [-0.2, -0.15) is 13.2 Å². The van der Waals surface area contributed by atoms with Gasteiger partial charge < -0.3 is 16.6 Å². The first kappa shape index (κ1) is 19.9. The van der Waals surface area contributed by atoms with Gasteiger partial charge in [-0.1, -0.05) is 0 Å². The van der Waals surface area contributed by atoms with E-state index in [0.717, 1.165) is 28.0 Å². The van der Waals surface area contributed by atoms with Gasteiger partial charge in [0.25, 0.3) is 5.91 Å². The summed E-state index contributed by atoms with van der Waals surface area (Å²) < 4.78 is 57.5. The van der Waals surface area contributed by atoms with E-state index in [0.29, 0.717) is 5.01 Å². The Balaban J connectivity index is 2.38. The summed E-state index contributed by atoms with van der Waals surface area (Å²) in [5.74, 6) is -2.92. The number of aromatic nitrogens is 3. The predicted octanol–water partition coefficient (Wildman–Crippen LogP) is 3.80. The van der Waals surface area contributed by atoms with E-state index >= 15 is 0 Å². The average molecular weight is 439 g/mol. The number of rotatable bonds is 2. The Labute approximate surface area is 169 Å². The number of anilines is 1. The van der Waals surface area contributed by atoms with Crippen molar-refractivity contribution in [2.45, 2.75) is 20.0 Å². The molecular weight excluding hydrogens is 426 g/mol. The molecule has 30 heavy (non-hydrogen) atoms. The number of amides is 1. The van der Waals surface area contributed by atoms with Gasteiger partial charge in [-0.05, 0) is 26.0 Å². The fourth-order valence-corrected chi connectivity index (χ4v) is 4.36. The molecule has 3 aromatic heterocycles. The van der Waals surface area contributed by atoms with Crippen LogP contribution >= 0.6 is 11.3 Å². The molecule has 0 fully saturated rings. The number of phenolic OH excluding ortho intramolecular Hbond substituents is 1. The molecule has 1 aromatic carbocycles. The third kappa shape index (κ3) is 2.67. The van der Waals surface area contributed by atoms with Crippen LogP contribution in [0.3, 0.4) is 0 Å². The maximum Gasteiger partial charge on any atom is 0.434 e. The fraction of sp³-hybridized carbons (Fsp3) is 0.167. The zero-order valence-corrected chi connectivity index (χ0v) is 16.2. The van der Waals surface area contributed by atoms with E-state index in [9.17, 15) is 27.5 Å². The molecule has 4 rings (SSSR count). The second-order valence-electron chi connectivity index (χ2n) is 6.57. The number of hydrogen-bond acceptors (Lipinski definition) is 6. The first-order valence-electron chi connectivity index (χ1n) is 8.40. The first-order chi connectivity index (χ1) is 13.9. The van der Waals surface area contributed by atoms with Gasteiger partial charge in [-0.15, -0.1) is 11.3 Å². The molecule has 0 spiro atoms. The lowest BCUT2D eigenvalue weighted by atomic mass is 10.1. The van der Waals surface area contributed by atoms with Crippen molar-refractivity contribution >= 4 is 44.3 Å². The molecule has 4 aromatic rings. The predicted molar refractivity (Wildman–Crippen MR) is 103 cm³/mol. The average Bonchev–Trinajstić information content (AvgIpc) is 3.14. The topological polar surface area (TPSA) is 120 Å². The highest BCUT2D eigenvalue weighted by atomic mass is 32.1. The minimum Gasteiger partial charge on any atom is -0.508 e. The summed E-state index contributed by atoms with van der Waals surface area (Å²) in [6, 6.07) is 2.04. The Bertz CT molecular complexity index is 1370. The number of benzene rings is 1. The lowest BCUT2D eigenvalue weighted by molar-refractivity contribution is -0.139. The highest BCUT2D eigenvalue weighted by molar-refractivity contribution is 7.19. The van der Waals surface area contributed by atoms with Gasteiger partial charge in [0.05, 0.1) is 26.5 Å². The normalized spacial score (nSPS) is 12.2. The number of pyridine rings is 1. The number of carbonyl (C=O) groups excluding carboxylic acids is 1. The molecule has 0 saturated heterocycles. The highest BCUT2D eigenvalue weighted by Crippen LogP contribution is 2.45. The Hall–Kier alpha value is -3.41. The molecule has 0 atom stereocenters. The quantitative estimate of drug-likeness (QED) is 0.411. The number of primary amides is 1. The molecule has 7 nitrogen and oxygen atoms in total. The summed E-state index contributed by atoms with van der Waals surface area (Å²) in [6.07, 6.45) is -4.97. The standard InChI is InChI=1S/C18H13F4N5O2S/c1-5-8(28)4-3-7(19)11(5)27-12-9(10(15(27)23)16(24)29)14(18(20,21)22)26-17-13(12)30-6(2)25-17/h3-4,28H,23H2,1-2H3,(H2,24,29). The minimum absolute atomic E-state index is 0.00868. The van der Waals surface area contributed by atoms with Crippen LogP contribution in [0.1, 0.15) is 26.6 Å². The molecule has 0 bridgehead atoms. The lowest BCUT2D eigenvalue weighted by Crippen LogP contribution is -2.16. The van der Waals surface area contributed by atoms with Crippen LogP contribution in [-0.4, -0.2) is 25.5 Å². The largest absolute Gasteiger partial charge is 0.508 e. The molecule has 5 N–H and O–H groups in total. The zero-order valence-electron chi connectivity index (χ0n) is 15.4. The van der Waals surface area contributed by atoms with Crippen molar-refractivity contribution in [1.82, 2.24) is 14.5 Å². The van der Waals surface area contributed by atoms with Crippen molar-refractivity contribution in [2.75, 3.05) is 5.73 Å². The number of carbonyl (C=O) groups is 1. The summed E-state index contributed by atoms with van der Waals surface area (Å²) in [5, 5.41) is 9.81. The van der Waals surface area contributed by atoms with Gasteiger partial charge in [-0.25, -0.2) is 14.4 Å². The van der Waals surface area contributed by atoms with E-state index in [2.05, 4.69) is 9.97 Å². The molecule has 156 valence electrons. The Morgan fingerprint density at radius 1 is 1.23 bits per heavy atom. The number of alkyl halides is 3. The van der Waals surface area contributed by atoms with Crippen molar-refractivity contribution in [3.05, 3.63) is 39.8 Å². The van der Waals surface area contributed by atoms with Crippen molar-refractivity contribution in [3.8, 4) is 11.4 Å². The Morgan fingerprint density at radius 3 is 2.50 bits per heavy atom. The number of aryl methyl sites for hydroxylation is 1. The Morgan fingerprint density at radius 2 is 1.90 bits per heavy atom. The third-order valence-electron chi connectivity index (χ3n) is 4.68. The summed E-state index contributed by atoms with van der Waals surface area (Å²) in [5.41, 5.74) is 8.62. The van der Waals surface area contributed by atoms with Gasteiger partial charge in [0, 0.05) is 10.9 Å². The molecule has 1 amide bonds. The fourth-order valence-electron chi connectivity index (χ4n) is 3.46. The van der Waals surface area contributed by atoms with Gasteiger partial charge >= 0.3 is 6.18 Å². The van der Waals surface area contributed by atoms with Crippen molar-refractivity contribution < 1.29 is 27.5 Å². The molecule has 3 heterocycles. The van der Waals surface area contributed by atoms with Gasteiger partial charge in [0.15, 0.2) is 11.3 Å². The van der Waals surface area contributed by atoms with E-state index < -0.39 is 40.4 Å². The summed E-state index contributed by atoms with van der Waals surface area (Å²) in [7, 11) is 0. The molecule has 0 saturated carbocycles. The monoisotopic (exact) mass is 439 g/mol. The number of aromatic hydroxyl groups is 1. The van der Waals surface area contributed by atoms with Crippen LogP contribution in [-0.2, 0) is 6.18 Å². The van der Waals surface area contributed by atoms with Gasteiger partial charge in [-0.3, -0.25) is 9.36 Å². The summed E-state index contributed by atoms with van der Waals surface area (Å²) in [6.45, 7) is 2.93. The van der Waals surface area contributed by atoms with Crippen LogP contribution < -0.4 is 11.5 Å². The molecule has 0 aliphatic rings. The van der Waals surface area contributed by atoms with E-state index in [1.165, 1.54) is 6.92 Å². The van der Waals surface area contributed by atoms with E-state index in [1.807, 2.05) is 0 Å². The van der Waals surface area contributed by atoms with Crippen LogP contribution in [0.5, 0.6) is 5.75 Å². The Kier molecular flexibility index (Phi) is 4.17. The van der Waals surface area contributed by atoms with Crippen LogP contribution in [0.4, 0.5) is 23.4 Å². The van der Waals surface area contributed by atoms with E-state index in [-0.39, 0.29) is 32.9 Å². The van der Waals surface area contributed by atoms with Crippen LogP contribution in [0.2, 0.25) is 0 Å². The molecule has 0 aliphatic carbocycles. The van der Waals surface area contributed by atoms with Gasteiger partial charge in [0.1, 0.15) is 17.4 Å². The van der Waals surface area contributed by atoms with E-state index in [1.54, 1.807) is 6.92 Å². The maximum absolute atomic E-state index is 14.8. The smallest absolute Gasteiger partial charge is 0.434 e. The molecule has 0 radical (unpaired) electrons. The molecule has 12 heteroatoms. The molecule has 0 aliphatic heterocycles. The number of hydrogen-bond donors (Lipinski definition) is 3. The van der Waals surface area contributed by atoms with Crippen molar-refractivity contribution in [3.63, 3.8) is 0 Å². The third-order valence-corrected chi connectivity index (χ3v) is 5.65. The molecular formula is C18H13F4N5O2S. The lowest BCUT2D eigenvalue weighted by Gasteiger charge is -2.14. The summed E-state index contributed by atoms with van der Waals surface area (Å²) in [4.78, 5) is 19.7. The number of nitrogens with two attached hydrogens (primary N) is 2. The number of phenols is 1. The highest BCUT2D eigenvalue weighted by Gasteiger charge is 2.40. The SMILES string of the molecule is Cc1nc2nc(C(F)(F)F)c3c(C(N)=O)c(N)n(-c4c(F)ccc(O)c4C)c3c2s1. The maximum atomic E-state index is 14.8. The second kappa shape index (κ2) is 6.29. The number of halogens is 4. The summed E-state index contributed by atoms with van der Waals surface area (Å²) >= 11 is 1.01. The van der Waals surface area contributed by atoms with Crippen LogP contribution in [0.25, 0.3) is 26.9 Å². The van der Waals surface area contributed by atoms with Crippen molar-refractivity contribution in [2.24, 2.45) is 5.73 Å². The number of fused-ring (bicyclic) bond motifs is 3. The van der Waals surface area contributed by atoms with Crippen molar-refractivity contribution in [1.29, 1.82) is 0 Å². The molecule has 0 unspecified atom stereocenters.